The molecular formula is C12H8FNO. The van der Waals surface area contributed by atoms with Crippen LogP contribution in [-0.2, 0) is 0 Å². The molecule has 0 fully saturated rings. The third kappa shape index (κ3) is 2.65. The molecule has 0 aliphatic heterocycles. The van der Waals surface area contributed by atoms with Crippen LogP contribution in [0.25, 0.3) is 0 Å². The Balaban J connectivity index is 3.13. The van der Waals surface area contributed by atoms with Crippen LogP contribution in [0.15, 0.2) is 18.2 Å². The number of carbonyl (C=O) groups is 1. The molecule has 74 valence electrons. The molecule has 1 aromatic rings. The summed E-state index contributed by atoms with van der Waals surface area (Å²) >= 11 is 0. The van der Waals surface area contributed by atoms with Crippen LogP contribution >= 0.6 is 0 Å². The fourth-order valence-electron chi connectivity index (χ4n) is 1.08. The number of hydrogen-bond donors (Lipinski definition) is 0. The Morgan fingerprint density at radius 3 is 2.87 bits per heavy atom. The quantitative estimate of drug-likeness (QED) is 0.516. The molecule has 0 saturated heterocycles. The van der Waals surface area contributed by atoms with E-state index in [2.05, 4.69) is 11.8 Å². The number of halogens is 1. The summed E-state index contributed by atoms with van der Waals surface area (Å²) < 4.78 is 13.5. The average Bonchev–Trinajstić information content (AvgIpc) is 2.20. The summed E-state index contributed by atoms with van der Waals surface area (Å²) in [6, 6.07) is 6.29. The predicted octanol–water partition coefficient (Wildman–Crippen LogP) is 2.29. The lowest BCUT2D eigenvalue weighted by molar-refractivity contribution is 0.101. The van der Waals surface area contributed by atoms with E-state index < -0.39 is 5.82 Å². The number of benzene rings is 1. The first-order valence-corrected chi connectivity index (χ1v) is 4.32. The van der Waals surface area contributed by atoms with Crippen molar-refractivity contribution < 1.29 is 9.18 Å². The van der Waals surface area contributed by atoms with Crippen LogP contribution in [0.3, 0.4) is 0 Å². The van der Waals surface area contributed by atoms with E-state index in [-0.39, 0.29) is 23.3 Å². The first-order valence-electron chi connectivity index (χ1n) is 4.32. The maximum Gasteiger partial charge on any atom is 0.162 e. The van der Waals surface area contributed by atoms with Gasteiger partial charge in [-0.2, -0.15) is 5.26 Å². The van der Waals surface area contributed by atoms with Gasteiger partial charge in [-0.15, -0.1) is 0 Å². The minimum Gasteiger partial charge on any atom is -0.294 e. The van der Waals surface area contributed by atoms with Crippen molar-refractivity contribution in [2.45, 2.75) is 13.3 Å². The van der Waals surface area contributed by atoms with Crippen LogP contribution in [-0.4, -0.2) is 5.78 Å². The lowest BCUT2D eigenvalue weighted by atomic mass is 10.1. The summed E-state index contributed by atoms with van der Waals surface area (Å²) in [7, 11) is 0. The van der Waals surface area contributed by atoms with Gasteiger partial charge in [-0.05, 0) is 19.1 Å². The number of hydrogen-bond acceptors (Lipinski definition) is 2. The molecule has 0 N–H and O–H groups in total. The molecule has 2 nitrogen and oxygen atoms in total. The van der Waals surface area contributed by atoms with Crippen LogP contribution in [0, 0.1) is 29.0 Å². The minimum atomic E-state index is -0.615. The highest BCUT2D eigenvalue weighted by molar-refractivity contribution is 5.94. The number of carbonyl (C=O) groups excluding carboxylic acids is 1. The van der Waals surface area contributed by atoms with Crippen molar-refractivity contribution in [3.63, 3.8) is 0 Å². The Morgan fingerprint density at radius 2 is 2.27 bits per heavy atom. The first kappa shape index (κ1) is 10.9. The van der Waals surface area contributed by atoms with E-state index in [9.17, 15) is 9.18 Å². The van der Waals surface area contributed by atoms with Crippen molar-refractivity contribution in [3.8, 4) is 17.9 Å². The van der Waals surface area contributed by atoms with Crippen molar-refractivity contribution in [3.05, 3.63) is 35.1 Å². The molecule has 1 aromatic carbocycles. The van der Waals surface area contributed by atoms with Crippen LogP contribution < -0.4 is 0 Å². The fraction of sp³-hybridized carbons (Fsp3) is 0.167. The normalized spacial score (nSPS) is 8.60. The lowest BCUT2D eigenvalue weighted by Crippen LogP contribution is -1.98. The molecule has 0 unspecified atom stereocenters. The molecular weight excluding hydrogens is 193 g/mol. The highest BCUT2D eigenvalue weighted by Crippen LogP contribution is 2.12. The van der Waals surface area contributed by atoms with Crippen molar-refractivity contribution in [1.29, 1.82) is 5.26 Å². The zero-order chi connectivity index (χ0) is 11.3. The maximum absolute atomic E-state index is 13.5. The molecule has 0 aromatic heterocycles. The molecule has 0 aliphatic rings. The number of nitrogens with zero attached hydrogens (tertiary/aromatic N) is 1. The van der Waals surface area contributed by atoms with Crippen LogP contribution in [0.5, 0.6) is 0 Å². The largest absolute Gasteiger partial charge is 0.294 e. The summed E-state index contributed by atoms with van der Waals surface area (Å²) in [6.45, 7) is 1.30. The monoisotopic (exact) mass is 201 g/mol. The fourth-order valence-corrected chi connectivity index (χ4v) is 1.08. The second-order valence-electron chi connectivity index (χ2n) is 2.86. The molecule has 0 saturated carbocycles. The van der Waals surface area contributed by atoms with Gasteiger partial charge in [0, 0.05) is 0 Å². The van der Waals surface area contributed by atoms with Gasteiger partial charge in [0.05, 0.1) is 23.6 Å². The zero-order valence-electron chi connectivity index (χ0n) is 8.17. The predicted molar refractivity (Wildman–Crippen MR) is 53.5 cm³/mol. The molecule has 0 atom stereocenters. The Labute approximate surface area is 87.3 Å². The van der Waals surface area contributed by atoms with Gasteiger partial charge in [0.15, 0.2) is 5.78 Å². The van der Waals surface area contributed by atoms with E-state index in [4.69, 9.17) is 5.26 Å². The highest BCUT2D eigenvalue weighted by Gasteiger charge is 2.09. The molecule has 0 heterocycles. The smallest absolute Gasteiger partial charge is 0.162 e. The summed E-state index contributed by atoms with van der Waals surface area (Å²) in [5.74, 6) is 4.05. The second kappa shape index (κ2) is 4.93. The Morgan fingerprint density at radius 1 is 1.53 bits per heavy atom. The average molecular weight is 201 g/mol. The summed E-state index contributed by atoms with van der Waals surface area (Å²) in [4.78, 5) is 11.0. The van der Waals surface area contributed by atoms with Gasteiger partial charge >= 0.3 is 0 Å². The number of rotatable bonds is 1. The number of ketones is 1. The van der Waals surface area contributed by atoms with Gasteiger partial charge in [0.25, 0.3) is 0 Å². The van der Waals surface area contributed by atoms with Gasteiger partial charge < -0.3 is 0 Å². The van der Waals surface area contributed by atoms with Crippen molar-refractivity contribution >= 4 is 5.78 Å². The molecule has 3 heteroatoms. The third-order valence-electron chi connectivity index (χ3n) is 1.77. The molecule has 0 radical (unpaired) electrons. The van der Waals surface area contributed by atoms with E-state index >= 15 is 0 Å². The van der Waals surface area contributed by atoms with Crippen molar-refractivity contribution in [1.82, 2.24) is 0 Å². The Kier molecular flexibility index (Phi) is 3.60. The Hall–Kier alpha value is -2.13. The summed E-state index contributed by atoms with van der Waals surface area (Å²) in [5, 5.41) is 8.26. The van der Waals surface area contributed by atoms with E-state index in [1.807, 2.05) is 6.07 Å². The standard InChI is InChI=1S/C12H8FNO/c1-9(15)11-7-4-6-10(12(11)13)5-2-3-8-14/h4,6-7H,3H2,1H3. The first-order chi connectivity index (χ1) is 7.16. The second-order valence-corrected chi connectivity index (χ2v) is 2.86. The van der Waals surface area contributed by atoms with Gasteiger partial charge in [-0.25, -0.2) is 4.39 Å². The molecule has 0 aliphatic carbocycles. The number of Topliss-reactive ketones (excluding diaryl/α,β-unsaturated/α-hetero) is 1. The van der Waals surface area contributed by atoms with Crippen LogP contribution in [0.1, 0.15) is 29.3 Å². The van der Waals surface area contributed by atoms with Gasteiger partial charge in [0.1, 0.15) is 5.82 Å². The molecule has 0 amide bonds. The topological polar surface area (TPSA) is 40.9 Å². The Bertz CT molecular complexity index is 489. The van der Waals surface area contributed by atoms with Gasteiger partial charge in [0.2, 0.25) is 0 Å². The van der Waals surface area contributed by atoms with E-state index in [1.54, 1.807) is 6.07 Å². The van der Waals surface area contributed by atoms with Crippen LogP contribution in [0.4, 0.5) is 4.39 Å². The molecule has 0 bridgehead atoms. The molecule has 15 heavy (non-hydrogen) atoms. The summed E-state index contributed by atoms with van der Waals surface area (Å²) in [6.07, 6.45) is 0.0454. The third-order valence-corrected chi connectivity index (χ3v) is 1.77. The SMILES string of the molecule is CC(=O)c1cccc(C#CCC#N)c1F. The van der Waals surface area contributed by atoms with E-state index in [1.165, 1.54) is 19.1 Å². The zero-order valence-corrected chi connectivity index (χ0v) is 8.17. The summed E-state index contributed by atoms with van der Waals surface area (Å²) in [5.41, 5.74) is 0.178. The van der Waals surface area contributed by atoms with E-state index in [0.717, 1.165) is 0 Å². The molecule has 0 spiro atoms. The van der Waals surface area contributed by atoms with Gasteiger partial charge in [-0.3, -0.25) is 4.79 Å². The van der Waals surface area contributed by atoms with Crippen LogP contribution in [0.2, 0.25) is 0 Å². The lowest BCUT2D eigenvalue weighted by Gasteiger charge is -1.99. The molecule has 1 rings (SSSR count). The maximum atomic E-state index is 13.5. The minimum absolute atomic E-state index is 0.0266. The number of nitriles is 1. The van der Waals surface area contributed by atoms with Crippen molar-refractivity contribution in [2.24, 2.45) is 0 Å². The van der Waals surface area contributed by atoms with Gasteiger partial charge in [-0.1, -0.05) is 17.9 Å². The highest BCUT2D eigenvalue weighted by atomic mass is 19.1. The van der Waals surface area contributed by atoms with E-state index in [0.29, 0.717) is 0 Å². The van der Waals surface area contributed by atoms with Crippen molar-refractivity contribution in [2.75, 3.05) is 0 Å².